The normalized spacial score (nSPS) is 16.3. The molecule has 1 fully saturated rings. The molecule has 0 radical (unpaired) electrons. The lowest BCUT2D eigenvalue weighted by Crippen LogP contribution is -2.31. The van der Waals surface area contributed by atoms with E-state index in [9.17, 15) is 14.9 Å². The molecule has 2 aromatic carbocycles. The highest BCUT2D eigenvalue weighted by molar-refractivity contribution is 5.97. The Labute approximate surface area is 157 Å². The summed E-state index contributed by atoms with van der Waals surface area (Å²) in [4.78, 5) is 25.7. The average molecular weight is 370 g/mol. The van der Waals surface area contributed by atoms with Crippen LogP contribution in [0.25, 0.3) is 0 Å². The smallest absolute Gasteiger partial charge is 0.273 e. The predicted molar refractivity (Wildman–Crippen MR) is 100 cm³/mol. The Morgan fingerprint density at radius 1 is 1.22 bits per heavy atom. The summed E-state index contributed by atoms with van der Waals surface area (Å²) < 4.78 is 10.8. The summed E-state index contributed by atoms with van der Waals surface area (Å²) in [5.74, 6) is 1.18. The van der Waals surface area contributed by atoms with Gasteiger partial charge in [0.2, 0.25) is 0 Å². The van der Waals surface area contributed by atoms with E-state index in [1.54, 1.807) is 38.2 Å². The number of carbonyl (C=O) groups excluding carboxylic acids is 1. The third-order valence-corrected chi connectivity index (χ3v) is 5.04. The molecule has 1 amide bonds. The van der Waals surface area contributed by atoms with E-state index in [2.05, 4.69) is 0 Å². The first-order valence-corrected chi connectivity index (χ1v) is 8.74. The Morgan fingerprint density at radius 2 is 2.00 bits per heavy atom. The summed E-state index contributed by atoms with van der Waals surface area (Å²) >= 11 is 0. The molecule has 7 heteroatoms. The largest absolute Gasteiger partial charge is 0.497 e. The van der Waals surface area contributed by atoms with Crippen LogP contribution in [0, 0.1) is 17.0 Å². The minimum atomic E-state index is -0.460. The first-order valence-electron chi connectivity index (χ1n) is 8.74. The summed E-state index contributed by atoms with van der Waals surface area (Å²) in [7, 11) is 3.19. The Morgan fingerprint density at radius 3 is 2.67 bits per heavy atom. The molecule has 2 aromatic rings. The molecule has 142 valence electrons. The van der Waals surface area contributed by atoms with E-state index < -0.39 is 4.92 Å². The lowest BCUT2D eigenvalue weighted by Gasteiger charge is -2.27. The number of rotatable bonds is 5. The summed E-state index contributed by atoms with van der Waals surface area (Å²) in [5.41, 5.74) is 1.58. The number of ether oxygens (including phenoxy) is 2. The number of amides is 1. The van der Waals surface area contributed by atoms with Gasteiger partial charge in [0, 0.05) is 29.3 Å². The highest BCUT2D eigenvalue weighted by Gasteiger charge is 2.34. The van der Waals surface area contributed by atoms with Crippen LogP contribution < -0.4 is 9.47 Å². The fraction of sp³-hybridized carbons (Fsp3) is 0.350. The maximum atomic E-state index is 13.2. The van der Waals surface area contributed by atoms with E-state index >= 15 is 0 Å². The zero-order valence-electron chi connectivity index (χ0n) is 15.6. The van der Waals surface area contributed by atoms with Crippen molar-refractivity contribution < 1.29 is 19.2 Å². The fourth-order valence-electron chi connectivity index (χ4n) is 3.64. The van der Waals surface area contributed by atoms with Crippen LogP contribution in [0.1, 0.15) is 40.4 Å². The Bertz CT molecular complexity index is 881. The van der Waals surface area contributed by atoms with Gasteiger partial charge in [-0.2, -0.15) is 0 Å². The van der Waals surface area contributed by atoms with Gasteiger partial charge in [-0.15, -0.1) is 0 Å². The molecule has 1 aliphatic rings. The second kappa shape index (κ2) is 7.65. The molecule has 7 nitrogen and oxygen atoms in total. The van der Waals surface area contributed by atoms with E-state index in [0.717, 1.165) is 18.4 Å². The molecule has 1 unspecified atom stereocenters. The van der Waals surface area contributed by atoms with Crippen LogP contribution in [0.4, 0.5) is 5.69 Å². The van der Waals surface area contributed by atoms with Crippen molar-refractivity contribution in [2.75, 3.05) is 20.8 Å². The number of carbonyl (C=O) groups is 1. The molecule has 0 aromatic heterocycles. The van der Waals surface area contributed by atoms with Crippen LogP contribution in [0.15, 0.2) is 36.4 Å². The number of nitrogens with zero attached hydrogens (tertiary/aromatic N) is 2. The Balaban J connectivity index is 1.99. The molecule has 1 saturated heterocycles. The highest BCUT2D eigenvalue weighted by atomic mass is 16.6. The van der Waals surface area contributed by atoms with E-state index in [1.807, 2.05) is 18.2 Å². The first-order chi connectivity index (χ1) is 13.0. The summed E-state index contributed by atoms with van der Waals surface area (Å²) in [6, 6.07) is 9.97. The Kier molecular flexibility index (Phi) is 5.30. The molecular weight excluding hydrogens is 348 g/mol. The molecule has 0 spiro atoms. The van der Waals surface area contributed by atoms with Crippen LogP contribution in [-0.2, 0) is 0 Å². The van der Waals surface area contributed by atoms with Gasteiger partial charge in [-0.05, 0) is 44.0 Å². The Hall–Kier alpha value is -3.09. The third kappa shape index (κ3) is 3.45. The van der Waals surface area contributed by atoms with Gasteiger partial charge in [-0.3, -0.25) is 14.9 Å². The number of methoxy groups -OCH3 is 2. The summed E-state index contributed by atoms with van der Waals surface area (Å²) in [6.45, 7) is 2.20. The average Bonchev–Trinajstić information content (AvgIpc) is 3.16. The summed E-state index contributed by atoms with van der Waals surface area (Å²) in [5, 5.41) is 11.2. The highest BCUT2D eigenvalue weighted by Crippen LogP contribution is 2.40. The number of benzene rings is 2. The van der Waals surface area contributed by atoms with Gasteiger partial charge in [-0.25, -0.2) is 0 Å². The monoisotopic (exact) mass is 370 g/mol. The third-order valence-electron chi connectivity index (χ3n) is 5.04. The molecule has 1 aliphatic heterocycles. The molecule has 0 N–H and O–H groups in total. The molecule has 27 heavy (non-hydrogen) atoms. The minimum Gasteiger partial charge on any atom is -0.497 e. The molecule has 1 atom stereocenters. The molecule has 0 bridgehead atoms. The second-order valence-corrected chi connectivity index (χ2v) is 6.47. The molecular formula is C20H22N2O5. The number of hydrogen-bond donors (Lipinski definition) is 0. The zero-order chi connectivity index (χ0) is 19.6. The molecule has 3 rings (SSSR count). The lowest BCUT2D eigenvalue weighted by atomic mass is 10.0. The van der Waals surface area contributed by atoms with Crippen molar-refractivity contribution in [3.63, 3.8) is 0 Å². The predicted octanol–water partition coefficient (Wildman–Crippen LogP) is 3.90. The van der Waals surface area contributed by atoms with Gasteiger partial charge in [0.1, 0.15) is 11.5 Å². The van der Waals surface area contributed by atoms with E-state index in [4.69, 9.17) is 9.47 Å². The van der Waals surface area contributed by atoms with Crippen molar-refractivity contribution in [2.24, 2.45) is 0 Å². The van der Waals surface area contributed by atoms with Gasteiger partial charge in [-0.1, -0.05) is 6.07 Å². The van der Waals surface area contributed by atoms with Crippen LogP contribution in [-0.4, -0.2) is 36.5 Å². The van der Waals surface area contributed by atoms with Crippen LogP contribution in [0.3, 0.4) is 0 Å². The van der Waals surface area contributed by atoms with Crippen molar-refractivity contribution in [2.45, 2.75) is 25.8 Å². The van der Waals surface area contributed by atoms with Gasteiger partial charge < -0.3 is 14.4 Å². The van der Waals surface area contributed by atoms with Crippen LogP contribution in [0.5, 0.6) is 11.5 Å². The number of hydrogen-bond acceptors (Lipinski definition) is 5. The summed E-state index contributed by atoms with van der Waals surface area (Å²) in [6.07, 6.45) is 1.65. The minimum absolute atomic E-state index is 0.0458. The van der Waals surface area contributed by atoms with Crippen molar-refractivity contribution in [3.8, 4) is 11.5 Å². The zero-order valence-corrected chi connectivity index (χ0v) is 15.6. The van der Waals surface area contributed by atoms with E-state index in [0.29, 0.717) is 29.2 Å². The molecule has 0 aliphatic carbocycles. The van der Waals surface area contributed by atoms with Crippen molar-refractivity contribution >= 4 is 11.6 Å². The lowest BCUT2D eigenvalue weighted by molar-refractivity contribution is -0.385. The van der Waals surface area contributed by atoms with Crippen molar-refractivity contribution in [3.05, 3.63) is 63.2 Å². The van der Waals surface area contributed by atoms with E-state index in [1.165, 1.54) is 6.07 Å². The number of nitro benzene ring substituents is 1. The van der Waals surface area contributed by atoms with Crippen molar-refractivity contribution in [1.82, 2.24) is 4.90 Å². The van der Waals surface area contributed by atoms with Crippen LogP contribution in [0.2, 0.25) is 0 Å². The molecule has 0 saturated carbocycles. The van der Waals surface area contributed by atoms with Gasteiger partial charge in [0.25, 0.3) is 11.6 Å². The maximum absolute atomic E-state index is 13.2. The van der Waals surface area contributed by atoms with Gasteiger partial charge >= 0.3 is 0 Å². The van der Waals surface area contributed by atoms with Crippen LogP contribution >= 0.6 is 0 Å². The quantitative estimate of drug-likeness (QED) is 0.589. The first kappa shape index (κ1) is 18.7. The number of nitro groups is 1. The van der Waals surface area contributed by atoms with Crippen molar-refractivity contribution in [1.29, 1.82) is 0 Å². The number of likely N-dealkylation sites (tertiary alicyclic amines) is 1. The van der Waals surface area contributed by atoms with Gasteiger partial charge in [0.15, 0.2) is 0 Å². The van der Waals surface area contributed by atoms with Gasteiger partial charge in [0.05, 0.1) is 25.2 Å². The van der Waals surface area contributed by atoms with E-state index in [-0.39, 0.29) is 17.6 Å². The molecule has 1 heterocycles. The maximum Gasteiger partial charge on any atom is 0.273 e. The second-order valence-electron chi connectivity index (χ2n) is 6.47. The SMILES string of the molecule is COc1ccc(OC)c(C2CCCN2C(=O)c2cccc([N+](=O)[O-])c2C)c1. The topological polar surface area (TPSA) is 81.9 Å². The standard InChI is InChI=1S/C20H22N2O5/c1-13-15(6-4-7-17(13)22(24)25)20(23)21-11-5-8-18(21)16-12-14(26-2)9-10-19(16)27-3/h4,6-7,9-10,12,18H,5,8,11H2,1-3H3. The fourth-order valence-corrected chi connectivity index (χ4v) is 3.64.